The van der Waals surface area contributed by atoms with Crippen molar-refractivity contribution in [1.29, 1.82) is 0 Å². The zero-order valence-corrected chi connectivity index (χ0v) is 11.8. The van der Waals surface area contributed by atoms with E-state index in [0.29, 0.717) is 23.2 Å². The van der Waals surface area contributed by atoms with Gasteiger partial charge < -0.3 is 5.32 Å². The highest BCUT2D eigenvalue weighted by atomic mass is 35.5. The molecule has 0 unspecified atom stereocenters. The third-order valence-corrected chi connectivity index (χ3v) is 2.98. The lowest BCUT2D eigenvalue weighted by molar-refractivity contribution is 0.546. The van der Waals surface area contributed by atoms with Crippen molar-refractivity contribution in [3.63, 3.8) is 0 Å². The second-order valence-corrected chi connectivity index (χ2v) is 5.28. The highest BCUT2D eigenvalue weighted by molar-refractivity contribution is 6.32. The van der Waals surface area contributed by atoms with E-state index in [4.69, 9.17) is 11.6 Å². The van der Waals surface area contributed by atoms with Gasteiger partial charge in [-0.1, -0.05) is 25.4 Å². The summed E-state index contributed by atoms with van der Waals surface area (Å²) in [4.78, 5) is 0. The number of nitrogens with zero attached hydrogens (tertiary/aromatic N) is 2. The predicted molar refractivity (Wildman–Crippen MR) is 75.1 cm³/mol. The Bertz CT molecular complexity index is 551. The van der Waals surface area contributed by atoms with Crippen LogP contribution in [0.4, 0.5) is 4.39 Å². The fourth-order valence-corrected chi connectivity index (χ4v) is 1.94. The summed E-state index contributed by atoms with van der Waals surface area (Å²) < 4.78 is 14.8. The Morgan fingerprint density at radius 1 is 1.37 bits per heavy atom. The molecule has 0 saturated carbocycles. The average molecular weight is 282 g/mol. The van der Waals surface area contributed by atoms with E-state index in [2.05, 4.69) is 24.3 Å². The molecule has 0 aliphatic rings. The molecule has 0 spiro atoms. The SMILES string of the molecule is CC(C)CNCc1ccn(-c2cc(F)ccc2Cl)n1. The Hall–Kier alpha value is -1.39. The van der Waals surface area contributed by atoms with Crippen LogP contribution in [0.2, 0.25) is 5.02 Å². The van der Waals surface area contributed by atoms with Crippen molar-refractivity contribution in [2.24, 2.45) is 5.92 Å². The topological polar surface area (TPSA) is 29.9 Å². The van der Waals surface area contributed by atoms with Crippen LogP contribution in [0.15, 0.2) is 30.5 Å². The molecule has 0 saturated heterocycles. The van der Waals surface area contributed by atoms with Gasteiger partial charge in [-0.05, 0) is 30.7 Å². The summed E-state index contributed by atoms with van der Waals surface area (Å²) in [5.74, 6) is 0.272. The number of rotatable bonds is 5. The first-order valence-electron chi connectivity index (χ1n) is 6.27. The van der Waals surface area contributed by atoms with Crippen molar-refractivity contribution in [1.82, 2.24) is 15.1 Å². The van der Waals surface area contributed by atoms with Gasteiger partial charge in [0.05, 0.1) is 16.4 Å². The van der Waals surface area contributed by atoms with Gasteiger partial charge in [0.25, 0.3) is 0 Å². The first-order valence-corrected chi connectivity index (χ1v) is 6.64. The molecule has 1 N–H and O–H groups in total. The average Bonchev–Trinajstić information content (AvgIpc) is 2.80. The molecule has 0 bridgehead atoms. The largest absolute Gasteiger partial charge is 0.311 e. The second-order valence-electron chi connectivity index (χ2n) is 4.87. The van der Waals surface area contributed by atoms with Crippen LogP contribution in [-0.4, -0.2) is 16.3 Å². The molecule has 0 aliphatic heterocycles. The monoisotopic (exact) mass is 281 g/mol. The van der Waals surface area contributed by atoms with Gasteiger partial charge in [0, 0.05) is 18.8 Å². The minimum atomic E-state index is -0.325. The lowest BCUT2D eigenvalue weighted by atomic mass is 10.2. The zero-order valence-electron chi connectivity index (χ0n) is 11.0. The van der Waals surface area contributed by atoms with Gasteiger partial charge in [0.2, 0.25) is 0 Å². The van der Waals surface area contributed by atoms with Gasteiger partial charge in [0.15, 0.2) is 0 Å². The number of halogens is 2. The normalized spacial score (nSPS) is 11.2. The van der Waals surface area contributed by atoms with E-state index in [0.717, 1.165) is 12.2 Å². The van der Waals surface area contributed by atoms with Crippen LogP contribution in [0.3, 0.4) is 0 Å². The number of hydrogen-bond acceptors (Lipinski definition) is 2. The van der Waals surface area contributed by atoms with Crippen molar-refractivity contribution in [2.45, 2.75) is 20.4 Å². The van der Waals surface area contributed by atoms with Gasteiger partial charge in [-0.25, -0.2) is 9.07 Å². The van der Waals surface area contributed by atoms with E-state index in [1.807, 2.05) is 6.07 Å². The summed E-state index contributed by atoms with van der Waals surface area (Å²) in [7, 11) is 0. The van der Waals surface area contributed by atoms with Crippen LogP contribution < -0.4 is 5.32 Å². The Morgan fingerprint density at radius 2 is 2.16 bits per heavy atom. The van der Waals surface area contributed by atoms with E-state index >= 15 is 0 Å². The molecule has 0 amide bonds. The van der Waals surface area contributed by atoms with Crippen LogP contribution in [0.1, 0.15) is 19.5 Å². The zero-order chi connectivity index (χ0) is 13.8. The maximum atomic E-state index is 13.2. The molecule has 1 heterocycles. The minimum absolute atomic E-state index is 0.325. The van der Waals surface area contributed by atoms with E-state index < -0.39 is 0 Å². The third-order valence-electron chi connectivity index (χ3n) is 2.66. The number of hydrogen-bond donors (Lipinski definition) is 1. The first kappa shape index (κ1) is 14.0. The van der Waals surface area contributed by atoms with Crippen molar-refractivity contribution < 1.29 is 4.39 Å². The molecule has 0 fully saturated rings. The molecule has 0 aliphatic carbocycles. The number of nitrogens with one attached hydrogen (secondary N) is 1. The fourth-order valence-electron chi connectivity index (χ4n) is 1.74. The Morgan fingerprint density at radius 3 is 2.89 bits per heavy atom. The molecule has 19 heavy (non-hydrogen) atoms. The quantitative estimate of drug-likeness (QED) is 0.910. The number of aromatic nitrogens is 2. The van der Waals surface area contributed by atoms with Crippen LogP contribution >= 0.6 is 11.6 Å². The van der Waals surface area contributed by atoms with Crippen molar-refractivity contribution in [3.05, 3.63) is 47.0 Å². The summed E-state index contributed by atoms with van der Waals surface area (Å²) >= 11 is 6.04. The van der Waals surface area contributed by atoms with Gasteiger partial charge in [0.1, 0.15) is 5.82 Å². The lowest BCUT2D eigenvalue weighted by Gasteiger charge is -2.06. The van der Waals surface area contributed by atoms with Crippen LogP contribution in [0.5, 0.6) is 0 Å². The summed E-state index contributed by atoms with van der Waals surface area (Å²) in [5.41, 5.74) is 1.46. The van der Waals surface area contributed by atoms with Gasteiger partial charge >= 0.3 is 0 Å². The molecule has 102 valence electrons. The van der Waals surface area contributed by atoms with Crippen LogP contribution in [-0.2, 0) is 6.54 Å². The molecule has 0 radical (unpaired) electrons. The van der Waals surface area contributed by atoms with Gasteiger partial charge in [-0.3, -0.25) is 0 Å². The van der Waals surface area contributed by atoms with Gasteiger partial charge in [-0.15, -0.1) is 0 Å². The standard InChI is InChI=1S/C14H17ClFN3/c1-10(2)8-17-9-12-5-6-19(18-12)14-7-11(16)3-4-13(14)15/h3-7,10,17H,8-9H2,1-2H3. The fraction of sp³-hybridized carbons (Fsp3) is 0.357. The van der Waals surface area contributed by atoms with E-state index in [-0.39, 0.29) is 5.82 Å². The summed E-state index contributed by atoms with van der Waals surface area (Å²) in [6.07, 6.45) is 1.78. The van der Waals surface area contributed by atoms with E-state index in [1.165, 1.54) is 18.2 Å². The molecular weight excluding hydrogens is 265 g/mol. The highest BCUT2D eigenvalue weighted by Crippen LogP contribution is 2.20. The Labute approximate surface area is 117 Å². The van der Waals surface area contributed by atoms with Gasteiger partial charge in [-0.2, -0.15) is 5.10 Å². The molecule has 1 aromatic carbocycles. The first-order chi connectivity index (χ1) is 9.06. The predicted octanol–water partition coefficient (Wildman–Crippen LogP) is 3.41. The third kappa shape index (κ3) is 3.78. The van der Waals surface area contributed by atoms with E-state index in [9.17, 15) is 4.39 Å². The summed E-state index contributed by atoms with van der Waals surface area (Å²) in [6, 6.07) is 6.14. The van der Waals surface area contributed by atoms with Crippen LogP contribution in [0.25, 0.3) is 5.69 Å². The minimum Gasteiger partial charge on any atom is -0.311 e. The Kier molecular flexibility index (Phi) is 4.56. The molecule has 3 nitrogen and oxygen atoms in total. The lowest BCUT2D eigenvalue weighted by Crippen LogP contribution is -2.19. The maximum Gasteiger partial charge on any atom is 0.125 e. The molecule has 0 atom stereocenters. The van der Waals surface area contributed by atoms with Crippen molar-refractivity contribution in [3.8, 4) is 5.69 Å². The molecule has 2 rings (SSSR count). The number of benzene rings is 1. The van der Waals surface area contributed by atoms with Crippen molar-refractivity contribution in [2.75, 3.05) is 6.54 Å². The second kappa shape index (κ2) is 6.17. The Balaban J connectivity index is 2.10. The molecule has 5 heteroatoms. The summed E-state index contributed by atoms with van der Waals surface area (Å²) in [5, 5.41) is 8.17. The highest BCUT2D eigenvalue weighted by Gasteiger charge is 2.07. The van der Waals surface area contributed by atoms with E-state index in [1.54, 1.807) is 10.9 Å². The smallest absolute Gasteiger partial charge is 0.125 e. The molecule has 1 aromatic heterocycles. The van der Waals surface area contributed by atoms with Crippen LogP contribution in [0, 0.1) is 11.7 Å². The molecule has 2 aromatic rings. The maximum absolute atomic E-state index is 13.2. The molecular formula is C14H17ClFN3. The van der Waals surface area contributed by atoms with Crippen molar-refractivity contribution >= 4 is 11.6 Å². The summed E-state index contributed by atoms with van der Waals surface area (Å²) in [6.45, 7) is 5.93.